The van der Waals surface area contributed by atoms with Gasteiger partial charge in [-0.2, -0.15) is 0 Å². The molecule has 0 bridgehead atoms. The Hall–Kier alpha value is -6.56. The Morgan fingerprint density at radius 1 is 0.412 bits per heavy atom. The molecule has 5 heterocycles. The van der Waals surface area contributed by atoms with Crippen molar-refractivity contribution in [3.63, 3.8) is 0 Å². The largest absolute Gasteiger partial charge is 0.308 e. The van der Waals surface area contributed by atoms with Crippen molar-refractivity contribution >= 4 is 91.5 Å². The molecule has 4 nitrogen and oxygen atoms in total. The first-order chi connectivity index (χ1) is 25.3. The van der Waals surface area contributed by atoms with Gasteiger partial charge in [0.1, 0.15) is 4.83 Å². The summed E-state index contributed by atoms with van der Waals surface area (Å²) < 4.78 is 6.00. The van der Waals surface area contributed by atoms with Crippen molar-refractivity contribution in [1.29, 1.82) is 0 Å². The van der Waals surface area contributed by atoms with Crippen molar-refractivity contribution < 1.29 is 0 Å². The summed E-state index contributed by atoms with van der Waals surface area (Å²) in [6.07, 6.45) is 0. The molecule has 0 N–H and O–H groups in total. The van der Waals surface area contributed by atoms with E-state index in [2.05, 4.69) is 167 Å². The predicted octanol–water partition coefficient (Wildman–Crippen LogP) is 12.4. The Balaban J connectivity index is 1.30. The van der Waals surface area contributed by atoms with E-state index in [0.717, 1.165) is 32.5 Å². The highest BCUT2D eigenvalue weighted by Crippen LogP contribution is 2.47. The van der Waals surface area contributed by atoms with E-state index in [4.69, 9.17) is 9.97 Å². The number of nitrogens with zero attached hydrogens (tertiary/aromatic N) is 4. The molecular weight excluding hydrogens is 641 g/mol. The number of hydrogen-bond donors (Lipinski definition) is 0. The maximum absolute atomic E-state index is 5.51. The average Bonchev–Trinajstić information content (AvgIpc) is 3.93. The molecule has 0 fully saturated rings. The number of aromatic nitrogens is 4. The third-order valence-corrected chi connectivity index (χ3v) is 11.7. The molecule has 0 saturated heterocycles. The van der Waals surface area contributed by atoms with Crippen LogP contribution in [0.25, 0.3) is 109 Å². The van der Waals surface area contributed by atoms with Crippen LogP contribution in [0.1, 0.15) is 0 Å². The van der Waals surface area contributed by atoms with E-state index in [-0.39, 0.29) is 0 Å². The molecule has 12 rings (SSSR count). The van der Waals surface area contributed by atoms with E-state index < -0.39 is 0 Å². The van der Waals surface area contributed by atoms with Gasteiger partial charge < -0.3 is 4.40 Å². The number of para-hydroxylation sites is 2. The number of hydrogen-bond acceptors (Lipinski definition) is 3. The van der Waals surface area contributed by atoms with Crippen LogP contribution in [0.3, 0.4) is 0 Å². The Morgan fingerprint density at radius 2 is 1.08 bits per heavy atom. The summed E-state index contributed by atoms with van der Waals surface area (Å²) in [7, 11) is 0. The van der Waals surface area contributed by atoms with Gasteiger partial charge in [0.2, 0.25) is 5.95 Å². The lowest BCUT2D eigenvalue weighted by Gasteiger charge is -2.11. The Labute approximate surface area is 295 Å². The summed E-state index contributed by atoms with van der Waals surface area (Å²) in [6, 6.07) is 56.8. The first-order valence-corrected chi connectivity index (χ1v) is 18.1. The zero-order valence-corrected chi connectivity index (χ0v) is 28.0. The highest BCUT2D eigenvalue weighted by Gasteiger charge is 2.26. The molecule has 0 aliphatic heterocycles. The third-order valence-electron chi connectivity index (χ3n) is 10.7. The number of fused-ring (bicyclic) bond motifs is 13. The van der Waals surface area contributed by atoms with Gasteiger partial charge in [0.25, 0.3) is 0 Å². The lowest BCUT2D eigenvalue weighted by molar-refractivity contribution is 1.02. The fourth-order valence-electron chi connectivity index (χ4n) is 8.56. The molecule has 0 amide bonds. The standard InChI is InChI=1S/C46H26N4S/c1-3-13-27(14-4-1)29-23-24-37-34(25-29)40-38(26-33-30-17-7-10-20-35(30)49-36-21-11-8-18-31(36)41(40)44(33)49)50(37)46-47-43(28-15-5-2-6-16-28)42-32-19-9-12-22-39(32)51-45(42)48-46/h1-26H. The SMILES string of the molecule is c1ccc(-c2ccc3c(c2)c2c4c5ccccc5n5c6ccccc6c(cc2n3-c2nc(-c3ccccc3)c3c(n2)sc2ccccc23)c45)cc1. The number of rotatable bonds is 3. The van der Waals surface area contributed by atoms with E-state index in [1.807, 2.05) is 0 Å². The van der Waals surface area contributed by atoms with Crippen LogP contribution < -0.4 is 0 Å². The van der Waals surface area contributed by atoms with E-state index in [0.29, 0.717) is 5.95 Å². The Morgan fingerprint density at radius 3 is 1.88 bits per heavy atom. The van der Waals surface area contributed by atoms with Crippen LogP contribution in [0.2, 0.25) is 0 Å². The van der Waals surface area contributed by atoms with Crippen LogP contribution in [0.5, 0.6) is 0 Å². The van der Waals surface area contributed by atoms with Crippen LogP contribution in [-0.2, 0) is 0 Å². The van der Waals surface area contributed by atoms with Crippen molar-refractivity contribution in [3.8, 4) is 28.3 Å². The number of thiophene rings is 1. The molecule has 5 heteroatoms. The summed E-state index contributed by atoms with van der Waals surface area (Å²) in [4.78, 5) is 11.9. The smallest absolute Gasteiger partial charge is 0.236 e. The monoisotopic (exact) mass is 666 g/mol. The molecule has 0 spiro atoms. The molecule has 236 valence electrons. The van der Waals surface area contributed by atoms with Gasteiger partial charge >= 0.3 is 0 Å². The molecule has 0 saturated carbocycles. The minimum Gasteiger partial charge on any atom is -0.308 e. The molecule has 7 aromatic carbocycles. The normalized spacial score (nSPS) is 12.3. The molecule has 12 aromatic rings. The van der Waals surface area contributed by atoms with Gasteiger partial charge in [-0.05, 0) is 47.5 Å². The van der Waals surface area contributed by atoms with E-state index in [9.17, 15) is 0 Å². The predicted molar refractivity (Wildman–Crippen MR) is 215 cm³/mol. The van der Waals surface area contributed by atoms with Crippen LogP contribution in [-0.4, -0.2) is 18.9 Å². The van der Waals surface area contributed by atoms with E-state index >= 15 is 0 Å². The quantitative estimate of drug-likeness (QED) is 0.188. The molecular formula is C46H26N4S. The van der Waals surface area contributed by atoms with Crippen LogP contribution >= 0.6 is 11.3 Å². The summed E-state index contributed by atoms with van der Waals surface area (Å²) >= 11 is 1.74. The lowest BCUT2D eigenvalue weighted by atomic mass is 9.99. The van der Waals surface area contributed by atoms with Gasteiger partial charge in [0.15, 0.2) is 0 Å². The Bertz CT molecular complexity index is 3350. The second kappa shape index (κ2) is 10.0. The lowest BCUT2D eigenvalue weighted by Crippen LogP contribution is -2.02. The van der Waals surface area contributed by atoms with Crippen molar-refractivity contribution in [2.24, 2.45) is 0 Å². The topological polar surface area (TPSA) is 35.1 Å². The first kappa shape index (κ1) is 27.3. The van der Waals surface area contributed by atoms with Crippen molar-refractivity contribution in [3.05, 3.63) is 158 Å². The Kier molecular flexibility index (Phi) is 5.35. The summed E-state index contributed by atoms with van der Waals surface area (Å²) in [5.41, 5.74) is 10.3. The minimum atomic E-state index is 0.682. The van der Waals surface area contributed by atoms with Crippen molar-refractivity contribution in [1.82, 2.24) is 18.9 Å². The summed E-state index contributed by atoms with van der Waals surface area (Å²) in [6.45, 7) is 0. The molecule has 5 aromatic heterocycles. The van der Waals surface area contributed by atoms with Crippen LogP contribution in [0.15, 0.2) is 158 Å². The van der Waals surface area contributed by atoms with Gasteiger partial charge in [0, 0.05) is 53.4 Å². The molecule has 0 aliphatic rings. The maximum Gasteiger partial charge on any atom is 0.236 e. The third kappa shape index (κ3) is 3.63. The van der Waals surface area contributed by atoms with Gasteiger partial charge in [-0.15, -0.1) is 11.3 Å². The zero-order chi connectivity index (χ0) is 33.2. The second-order valence-corrected chi connectivity index (χ2v) is 14.4. The highest BCUT2D eigenvalue weighted by atomic mass is 32.1. The second-order valence-electron chi connectivity index (χ2n) is 13.4. The maximum atomic E-state index is 5.51. The van der Waals surface area contributed by atoms with Crippen LogP contribution in [0, 0.1) is 0 Å². The highest BCUT2D eigenvalue weighted by molar-refractivity contribution is 7.25. The fraction of sp³-hybridized carbons (Fsp3) is 0. The van der Waals surface area contributed by atoms with E-state index in [1.165, 1.54) is 70.1 Å². The first-order valence-electron chi connectivity index (χ1n) is 17.3. The van der Waals surface area contributed by atoms with Gasteiger partial charge in [-0.1, -0.05) is 121 Å². The van der Waals surface area contributed by atoms with Gasteiger partial charge in [0.05, 0.1) is 33.3 Å². The van der Waals surface area contributed by atoms with Gasteiger partial charge in [-0.25, -0.2) is 9.97 Å². The molecule has 0 unspecified atom stereocenters. The molecule has 51 heavy (non-hydrogen) atoms. The summed E-state index contributed by atoms with van der Waals surface area (Å²) in [5, 5.41) is 9.73. The van der Waals surface area contributed by atoms with E-state index in [1.54, 1.807) is 11.3 Å². The fourth-order valence-corrected chi connectivity index (χ4v) is 9.63. The van der Waals surface area contributed by atoms with Crippen molar-refractivity contribution in [2.45, 2.75) is 0 Å². The van der Waals surface area contributed by atoms with Crippen molar-refractivity contribution in [2.75, 3.05) is 0 Å². The van der Waals surface area contributed by atoms with Crippen LogP contribution in [0.4, 0.5) is 0 Å². The number of benzene rings is 7. The average molecular weight is 667 g/mol. The molecule has 0 aliphatic carbocycles. The molecule has 0 radical (unpaired) electrons. The zero-order valence-electron chi connectivity index (χ0n) is 27.2. The minimum absolute atomic E-state index is 0.682. The molecule has 0 atom stereocenters. The van der Waals surface area contributed by atoms with Gasteiger partial charge in [-0.3, -0.25) is 4.57 Å². The summed E-state index contributed by atoms with van der Waals surface area (Å²) in [5.74, 6) is 0.682.